The maximum Gasteiger partial charge on any atom is 0.253 e. The third-order valence-corrected chi connectivity index (χ3v) is 3.28. The first-order valence-electron chi connectivity index (χ1n) is 6.14. The maximum absolute atomic E-state index is 11.9. The number of carbonyl (C=O) groups excluding carboxylic acids is 1. The minimum Gasteiger partial charge on any atom is -0.349 e. The molecule has 17 heavy (non-hydrogen) atoms. The SMILES string of the molecule is Cc1ccc(C(=O)NC2CCC(N)CC2)cn1. The van der Waals surface area contributed by atoms with E-state index in [1.807, 2.05) is 19.1 Å². The van der Waals surface area contributed by atoms with Crippen LogP contribution in [0.15, 0.2) is 18.3 Å². The standard InChI is InChI=1S/C13H19N3O/c1-9-2-3-10(8-15-9)13(17)16-12-6-4-11(14)5-7-12/h2-3,8,11-12H,4-7,14H2,1H3,(H,16,17). The molecule has 1 aromatic rings. The first-order valence-corrected chi connectivity index (χ1v) is 6.14. The molecule has 1 aromatic heterocycles. The van der Waals surface area contributed by atoms with Gasteiger partial charge in [0.05, 0.1) is 5.56 Å². The van der Waals surface area contributed by atoms with Crippen molar-refractivity contribution in [2.75, 3.05) is 0 Å². The number of rotatable bonds is 2. The number of pyridine rings is 1. The van der Waals surface area contributed by atoms with Crippen molar-refractivity contribution in [3.63, 3.8) is 0 Å². The highest BCUT2D eigenvalue weighted by Crippen LogP contribution is 2.17. The summed E-state index contributed by atoms with van der Waals surface area (Å²) >= 11 is 0. The minimum absolute atomic E-state index is 0.0297. The smallest absolute Gasteiger partial charge is 0.253 e. The summed E-state index contributed by atoms with van der Waals surface area (Å²) < 4.78 is 0. The van der Waals surface area contributed by atoms with Gasteiger partial charge in [-0.05, 0) is 44.7 Å². The second-order valence-electron chi connectivity index (χ2n) is 4.77. The first kappa shape index (κ1) is 12.0. The van der Waals surface area contributed by atoms with Crippen molar-refractivity contribution in [3.05, 3.63) is 29.6 Å². The van der Waals surface area contributed by atoms with E-state index in [1.54, 1.807) is 6.20 Å². The van der Waals surface area contributed by atoms with Gasteiger partial charge in [0.2, 0.25) is 0 Å². The van der Waals surface area contributed by atoms with Crippen LogP contribution in [-0.4, -0.2) is 23.0 Å². The Morgan fingerprint density at radius 3 is 2.65 bits per heavy atom. The normalized spacial score (nSPS) is 24.4. The van der Waals surface area contributed by atoms with Crippen LogP contribution in [0.5, 0.6) is 0 Å². The van der Waals surface area contributed by atoms with Gasteiger partial charge < -0.3 is 11.1 Å². The van der Waals surface area contributed by atoms with Crippen LogP contribution in [0.4, 0.5) is 0 Å². The molecular formula is C13H19N3O. The summed E-state index contributed by atoms with van der Waals surface area (Å²) in [5, 5.41) is 3.04. The van der Waals surface area contributed by atoms with E-state index in [0.29, 0.717) is 11.6 Å². The van der Waals surface area contributed by atoms with Gasteiger partial charge in [-0.25, -0.2) is 0 Å². The number of amides is 1. The molecule has 0 radical (unpaired) electrons. The average Bonchev–Trinajstić information content (AvgIpc) is 2.33. The Hall–Kier alpha value is -1.42. The number of nitrogens with one attached hydrogen (secondary N) is 1. The molecule has 0 saturated heterocycles. The predicted molar refractivity (Wildman–Crippen MR) is 66.7 cm³/mol. The zero-order valence-electron chi connectivity index (χ0n) is 10.1. The molecule has 1 aliphatic rings. The Balaban J connectivity index is 1.91. The van der Waals surface area contributed by atoms with E-state index in [9.17, 15) is 4.79 Å². The predicted octanol–water partition coefficient (Wildman–Crippen LogP) is 1.39. The second-order valence-corrected chi connectivity index (χ2v) is 4.77. The van der Waals surface area contributed by atoms with E-state index in [1.165, 1.54) is 0 Å². The van der Waals surface area contributed by atoms with Gasteiger partial charge in [0, 0.05) is 24.0 Å². The van der Waals surface area contributed by atoms with Crippen molar-refractivity contribution in [1.82, 2.24) is 10.3 Å². The Labute approximate surface area is 102 Å². The van der Waals surface area contributed by atoms with Crippen LogP contribution < -0.4 is 11.1 Å². The van der Waals surface area contributed by atoms with Gasteiger partial charge in [-0.1, -0.05) is 0 Å². The van der Waals surface area contributed by atoms with Gasteiger partial charge in [0.25, 0.3) is 5.91 Å². The van der Waals surface area contributed by atoms with Gasteiger partial charge in [-0.3, -0.25) is 9.78 Å². The Morgan fingerprint density at radius 1 is 1.35 bits per heavy atom. The number of carbonyl (C=O) groups is 1. The summed E-state index contributed by atoms with van der Waals surface area (Å²) in [6.45, 7) is 1.91. The zero-order chi connectivity index (χ0) is 12.3. The molecule has 4 nitrogen and oxygen atoms in total. The van der Waals surface area contributed by atoms with Gasteiger partial charge in [0.15, 0.2) is 0 Å². The fraction of sp³-hybridized carbons (Fsp3) is 0.538. The second kappa shape index (κ2) is 5.27. The fourth-order valence-electron chi connectivity index (χ4n) is 2.13. The lowest BCUT2D eigenvalue weighted by Gasteiger charge is -2.26. The summed E-state index contributed by atoms with van der Waals surface area (Å²) in [7, 11) is 0. The van der Waals surface area contributed by atoms with E-state index in [0.717, 1.165) is 31.4 Å². The van der Waals surface area contributed by atoms with Crippen molar-refractivity contribution in [1.29, 1.82) is 0 Å². The summed E-state index contributed by atoms with van der Waals surface area (Å²) in [5.74, 6) is -0.0297. The van der Waals surface area contributed by atoms with Gasteiger partial charge in [-0.15, -0.1) is 0 Å². The highest BCUT2D eigenvalue weighted by atomic mass is 16.1. The average molecular weight is 233 g/mol. The number of aryl methyl sites for hydroxylation is 1. The van der Waals surface area contributed by atoms with E-state index in [2.05, 4.69) is 10.3 Å². The highest BCUT2D eigenvalue weighted by Gasteiger charge is 2.20. The lowest BCUT2D eigenvalue weighted by molar-refractivity contribution is 0.0925. The number of nitrogens with zero attached hydrogens (tertiary/aromatic N) is 1. The van der Waals surface area contributed by atoms with Crippen molar-refractivity contribution < 1.29 is 4.79 Å². The molecule has 4 heteroatoms. The largest absolute Gasteiger partial charge is 0.349 e. The molecule has 0 atom stereocenters. The zero-order valence-corrected chi connectivity index (χ0v) is 10.1. The van der Waals surface area contributed by atoms with Crippen LogP contribution in [0.25, 0.3) is 0 Å². The van der Waals surface area contributed by atoms with Crippen LogP contribution in [0, 0.1) is 6.92 Å². The lowest BCUT2D eigenvalue weighted by Crippen LogP contribution is -2.40. The molecule has 92 valence electrons. The summed E-state index contributed by atoms with van der Waals surface area (Å²) in [6.07, 6.45) is 5.58. The third kappa shape index (κ3) is 3.27. The Bertz CT molecular complexity index is 380. The minimum atomic E-state index is -0.0297. The quantitative estimate of drug-likeness (QED) is 0.811. The molecule has 1 heterocycles. The van der Waals surface area contributed by atoms with Crippen LogP contribution in [0.2, 0.25) is 0 Å². The van der Waals surface area contributed by atoms with Crippen LogP contribution in [-0.2, 0) is 0 Å². The molecule has 1 aliphatic carbocycles. The van der Waals surface area contributed by atoms with Crippen molar-refractivity contribution in [3.8, 4) is 0 Å². The molecule has 0 aromatic carbocycles. The fourth-order valence-corrected chi connectivity index (χ4v) is 2.13. The van der Waals surface area contributed by atoms with E-state index >= 15 is 0 Å². The van der Waals surface area contributed by atoms with Gasteiger partial charge >= 0.3 is 0 Å². The van der Waals surface area contributed by atoms with Gasteiger partial charge in [-0.2, -0.15) is 0 Å². The third-order valence-electron chi connectivity index (χ3n) is 3.28. The van der Waals surface area contributed by atoms with Crippen molar-refractivity contribution in [2.45, 2.75) is 44.7 Å². The number of hydrogen-bond acceptors (Lipinski definition) is 3. The Kier molecular flexibility index (Phi) is 3.74. The molecule has 1 amide bonds. The topological polar surface area (TPSA) is 68.0 Å². The summed E-state index contributed by atoms with van der Waals surface area (Å²) in [5.41, 5.74) is 7.38. The monoisotopic (exact) mass is 233 g/mol. The first-order chi connectivity index (χ1) is 8.15. The van der Waals surface area contributed by atoms with Gasteiger partial charge in [0.1, 0.15) is 0 Å². The number of nitrogens with two attached hydrogens (primary N) is 1. The maximum atomic E-state index is 11.9. The van der Waals surface area contributed by atoms with Crippen LogP contribution in [0.1, 0.15) is 41.7 Å². The Morgan fingerprint density at radius 2 is 2.06 bits per heavy atom. The van der Waals surface area contributed by atoms with E-state index in [-0.39, 0.29) is 11.9 Å². The van der Waals surface area contributed by atoms with Crippen molar-refractivity contribution >= 4 is 5.91 Å². The molecule has 0 aliphatic heterocycles. The molecule has 2 rings (SSSR count). The molecule has 0 bridgehead atoms. The highest BCUT2D eigenvalue weighted by molar-refractivity contribution is 5.94. The molecule has 0 spiro atoms. The summed E-state index contributed by atoms with van der Waals surface area (Å²) in [6, 6.07) is 4.24. The van der Waals surface area contributed by atoms with Crippen LogP contribution in [0.3, 0.4) is 0 Å². The molecule has 3 N–H and O–H groups in total. The molecular weight excluding hydrogens is 214 g/mol. The molecule has 0 unspecified atom stereocenters. The number of hydrogen-bond donors (Lipinski definition) is 2. The lowest BCUT2D eigenvalue weighted by atomic mass is 9.92. The number of aromatic nitrogens is 1. The summed E-state index contributed by atoms with van der Waals surface area (Å²) in [4.78, 5) is 16.0. The van der Waals surface area contributed by atoms with E-state index < -0.39 is 0 Å². The van der Waals surface area contributed by atoms with Crippen LogP contribution >= 0.6 is 0 Å². The van der Waals surface area contributed by atoms with Crippen molar-refractivity contribution in [2.24, 2.45) is 5.73 Å². The van der Waals surface area contributed by atoms with E-state index in [4.69, 9.17) is 5.73 Å². The molecule has 1 saturated carbocycles. The molecule has 1 fully saturated rings.